The van der Waals surface area contributed by atoms with Gasteiger partial charge in [0.2, 0.25) is 11.8 Å². The third-order valence-corrected chi connectivity index (χ3v) is 5.08. The third-order valence-electron chi connectivity index (χ3n) is 4.06. The van der Waals surface area contributed by atoms with Gasteiger partial charge < -0.3 is 14.3 Å². The Kier molecular flexibility index (Phi) is 5.13. The number of anilines is 1. The molecule has 0 saturated carbocycles. The van der Waals surface area contributed by atoms with Crippen LogP contribution in [-0.2, 0) is 11.2 Å². The summed E-state index contributed by atoms with van der Waals surface area (Å²) in [7, 11) is 0. The number of hydrogen-bond donors (Lipinski definition) is 0. The van der Waals surface area contributed by atoms with Crippen LogP contribution in [0, 0.1) is 6.92 Å². The molecule has 0 bridgehead atoms. The molecule has 1 amide bonds. The first-order chi connectivity index (χ1) is 11.5. The van der Waals surface area contributed by atoms with E-state index in [1.807, 2.05) is 25.7 Å². The van der Waals surface area contributed by atoms with E-state index in [-0.39, 0.29) is 11.8 Å². The summed E-state index contributed by atoms with van der Waals surface area (Å²) in [4.78, 5) is 25.3. The average Bonchev–Trinajstić information content (AvgIpc) is 3.22. The lowest BCUT2D eigenvalue weighted by Gasteiger charge is -2.34. The van der Waals surface area contributed by atoms with Crippen molar-refractivity contribution in [3.05, 3.63) is 22.8 Å². The van der Waals surface area contributed by atoms with E-state index in [0.29, 0.717) is 24.6 Å². The van der Waals surface area contributed by atoms with Crippen LogP contribution in [0.2, 0.25) is 0 Å². The Morgan fingerprint density at radius 2 is 2.04 bits per heavy atom. The monoisotopic (exact) mass is 349 g/mol. The number of carbonyl (C=O) groups is 1. The van der Waals surface area contributed by atoms with Gasteiger partial charge in [0, 0.05) is 50.3 Å². The first kappa shape index (κ1) is 16.9. The standard InChI is InChI=1S/C16H23N5O2S/c1-11(2)15-18-13(23-19-15)4-5-14(22)20-6-8-21(9-7-20)16-17-12(3)10-24-16/h10-11H,4-9H2,1-3H3. The summed E-state index contributed by atoms with van der Waals surface area (Å²) in [6.45, 7) is 9.17. The van der Waals surface area contributed by atoms with Crippen molar-refractivity contribution in [1.29, 1.82) is 0 Å². The van der Waals surface area contributed by atoms with Crippen molar-refractivity contribution in [3.63, 3.8) is 0 Å². The molecule has 1 aliphatic heterocycles. The fraction of sp³-hybridized carbons (Fsp3) is 0.625. The maximum absolute atomic E-state index is 12.4. The topological polar surface area (TPSA) is 75.4 Å². The molecule has 0 spiro atoms. The van der Waals surface area contributed by atoms with Crippen LogP contribution in [-0.4, -0.2) is 52.1 Å². The predicted octanol–water partition coefficient (Wildman–Crippen LogP) is 2.24. The molecule has 0 atom stereocenters. The van der Waals surface area contributed by atoms with Crippen molar-refractivity contribution in [2.24, 2.45) is 0 Å². The van der Waals surface area contributed by atoms with Gasteiger partial charge >= 0.3 is 0 Å². The maximum atomic E-state index is 12.4. The quantitative estimate of drug-likeness (QED) is 0.824. The number of carbonyl (C=O) groups excluding carboxylic acids is 1. The number of amides is 1. The number of rotatable bonds is 5. The van der Waals surface area contributed by atoms with Crippen LogP contribution in [0.4, 0.5) is 5.13 Å². The molecule has 0 aromatic carbocycles. The third kappa shape index (κ3) is 3.92. The maximum Gasteiger partial charge on any atom is 0.227 e. The minimum atomic E-state index is 0.147. The van der Waals surface area contributed by atoms with Crippen molar-refractivity contribution < 1.29 is 9.32 Å². The molecule has 24 heavy (non-hydrogen) atoms. The summed E-state index contributed by atoms with van der Waals surface area (Å²) in [6, 6.07) is 0. The number of thiazole rings is 1. The van der Waals surface area contributed by atoms with Crippen LogP contribution in [0.1, 0.15) is 43.6 Å². The molecule has 2 aromatic rings. The molecule has 130 valence electrons. The average molecular weight is 349 g/mol. The van der Waals surface area contributed by atoms with E-state index in [4.69, 9.17) is 4.52 Å². The van der Waals surface area contributed by atoms with E-state index >= 15 is 0 Å². The first-order valence-corrected chi connectivity index (χ1v) is 9.18. The van der Waals surface area contributed by atoms with E-state index in [2.05, 4.69) is 25.4 Å². The zero-order valence-electron chi connectivity index (χ0n) is 14.4. The fourth-order valence-electron chi connectivity index (χ4n) is 2.61. The van der Waals surface area contributed by atoms with Gasteiger partial charge in [0.15, 0.2) is 11.0 Å². The highest BCUT2D eigenvalue weighted by molar-refractivity contribution is 7.13. The highest BCUT2D eigenvalue weighted by atomic mass is 32.1. The lowest BCUT2D eigenvalue weighted by atomic mass is 10.2. The summed E-state index contributed by atoms with van der Waals surface area (Å²) in [5.41, 5.74) is 1.05. The Morgan fingerprint density at radius 3 is 2.62 bits per heavy atom. The first-order valence-electron chi connectivity index (χ1n) is 8.30. The van der Waals surface area contributed by atoms with E-state index in [9.17, 15) is 4.79 Å². The van der Waals surface area contributed by atoms with Crippen molar-refractivity contribution in [1.82, 2.24) is 20.0 Å². The summed E-state index contributed by atoms with van der Waals surface area (Å²) in [5, 5.41) is 7.03. The molecular formula is C16H23N5O2S. The van der Waals surface area contributed by atoms with Crippen LogP contribution < -0.4 is 4.90 Å². The van der Waals surface area contributed by atoms with Gasteiger partial charge in [0.05, 0.1) is 5.69 Å². The second-order valence-corrected chi connectivity index (χ2v) is 7.18. The molecule has 0 radical (unpaired) electrons. The van der Waals surface area contributed by atoms with Gasteiger partial charge in [-0.15, -0.1) is 11.3 Å². The molecule has 0 unspecified atom stereocenters. The van der Waals surface area contributed by atoms with Gasteiger partial charge in [0.25, 0.3) is 0 Å². The van der Waals surface area contributed by atoms with Crippen molar-refractivity contribution >= 4 is 22.4 Å². The minimum Gasteiger partial charge on any atom is -0.345 e. The fourth-order valence-corrected chi connectivity index (χ4v) is 3.47. The van der Waals surface area contributed by atoms with Gasteiger partial charge in [0.1, 0.15) is 0 Å². The van der Waals surface area contributed by atoms with Gasteiger partial charge in [-0.3, -0.25) is 4.79 Å². The number of aryl methyl sites for hydroxylation is 2. The second kappa shape index (κ2) is 7.29. The Labute approximate surface area is 145 Å². The van der Waals surface area contributed by atoms with Gasteiger partial charge in [-0.1, -0.05) is 19.0 Å². The molecular weight excluding hydrogens is 326 g/mol. The lowest BCUT2D eigenvalue weighted by Crippen LogP contribution is -2.48. The van der Waals surface area contributed by atoms with Crippen LogP contribution >= 0.6 is 11.3 Å². The lowest BCUT2D eigenvalue weighted by molar-refractivity contribution is -0.131. The van der Waals surface area contributed by atoms with Crippen LogP contribution in [0.15, 0.2) is 9.90 Å². The molecule has 0 aliphatic carbocycles. The van der Waals surface area contributed by atoms with Crippen LogP contribution in [0.25, 0.3) is 0 Å². The van der Waals surface area contributed by atoms with Crippen molar-refractivity contribution in [2.75, 3.05) is 31.1 Å². The minimum absolute atomic E-state index is 0.147. The number of nitrogens with zero attached hydrogens (tertiary/aromatic N) is 5. The SMILES string of the molecule is Cc1csc(N2CCN(C(=O)CCc3nc(C(C)C)no3)CC2)n1. The molecule has 1 saturated heterocycles. The molecule has 1 aliphatic rings. The molecule has 8 heteroatoms. The Hall–Kier alpha value is -1.96. The zero-order chi connectivity index (χ0) is 17.1. The van der Waals surface area contributed by atoms with Gasteiger partial charge in [-0.25, -0.2) is 4.98 Å². The number of aromatic nitrogens is 3. The summed E-state index contributed by atoms with van der Waals surface area (Å²) in [5.74, 6) is 1.63. The highest BCUT2D eigenvalue weighted by Crippen LogP contribution is 2.21. The summed E-state index contributed by atoms with van der Waals surface area (Å²) < 4.78 is 5.19. The zero-order valence-corrected chi connectivity index (χ0v) is 15.2. The second-order valence-electron chi connectivity index (χ2n) is 6.34. The largest absolute Gasteiger partial charge is 0.345 e. The van der Waals surface area contributed by atoms with E-state index in [1.165, 1.54) is 0 Å². The Bertz CT molecular complexity index is 688. The molecule has 3 rings (SSSR count). The van der Waals surface area contributed by atoms with Crippen molar-refractivity contribution in [2.45, 2.75) is 39.5 Å². The molecule has 7 nitrogen and oxygen atoms in total. The van der Waals surface area contributed by atoms with Crippen LogP contribution in [0.5, 0.6) is 0 Å². The van der Waals surface area contributed by atoms with Gasteiger partial charge in [-0.2, -0.15) is 4.98 Å². The number of piperazine rings is 1. The molecule has 1 fully saturated rings. The molecule has 3 heterocycles. The molecule has 0 N–H and O–H groups in total. The van der Waals surface area contributed by atoms with E-state index < -0.39 is 0 Å². The Morgan fingerprint density at radius 1 is 1.29 bits per heavy atom. The van der Waals surface area contributed by atoms with E-state index in [0.717, 1.165) is 37.0 Å². The number of hydrogen-bond acceptors (Lipinski definition) is 7. The van der Waals surface area contributed by atoms with Crippen molar-refractivity contribution in [3.8, 4) is 0 Å². The molecule has 2 aromatic heterocycles. The summed E-state index contributed by atoms with van der Waals surface area (Å²) in [6.07, 6.45) is 0.917. The normalized spacial score (nSPS) is 15.3. The smallest absolute Gasteiger partial charge is 0.227 e. The van der Waals surface area contributed by atoms with Crippen LogP contribution in [0.3, 0.4) is 0 Å². The predicted molar refractivity (Wildman–Crippen MR) is 92.4 cm³/mol. The van der Waals surface area contributed by atoms with Gasteiger partial charge in [-0.05, 0) is 6.92 Å². The summed E-state index contributed by atoms with van der Waals surface area (Å²) >= 11 is 1.66. The highest BCUT2D eigenvalue weighted by Gasteiger charge is 2.23. The van der Waals surface area contributed by atoms with E-state index in [1.54, 1.807) is 11.3 Å². The Balaban J connectivity index is 1.46.